The van der Waals surface area contributed by atoms with Crippen LogP contribution in [-0.2, 0) is 6.54 Å². The lowest BCUT2D eigenvalue weighted by Gasteiger charge is -2.29. The first-order valence-corrected chi connectivity index (χ1v) is 8.75. The van der Waals surface area contributed by atoms with E-state index in [1.165, 1.54) is 43.5 Å². The molecule has 3 rings (SSSR count). The average Bonchev–Trinajstić information content (AvgIpc) is 3.08. The Kier molecular flexibility index (Phi) is 4.75. The highest BCUT2D eigenvalue weighted by atomic mass is 35.5. The van der Waals surface area contributed by atoms with E-state index in [4.69, 9.17) is 11.6 Å². The Balaban J connectivity index is 1.62. The third kappa shape index (κ3) is 3.37. The summed E-state index contributed by atoms with van der Waals surface area (Å²) in [6.45, 7) is 5.13. The lowest BCUT2D eigenvalue weighted by molar-refractivity contribution is 0.337. The van der Waals surface area contributed by atoms with Gasteiger partial charge in [0.2, 0.25) is 0 Å². The highest BCUT2D eigenvalue weighted by Crippen LogP contribution is 2.48. The van der Waals surface area contributed by atoms with Crippen molar-refractivity contribution < 1.29 is 0 Å². The first-order chi connectivity index (χ1) is 10.2. The lowest BCUT2D eigenvalue weighted by atomic mass is 9.88. The molecule has 0 heterocycles. The Labute approximate surface area is 133 Å². The van der Waals surface area contributed by atoms with E-state index in [1.54, 1.807) is 0 Å². The number of anilines is 1. The van der Waals surface area contributed by atoms with Crippen molar-refractivity contribution in [3.63, 3.8) is 0 Å². The van der Waals surface area contributed by atoms with Crippen molar-refractivity contribution in [3.8, 4) is 0 Å². The van der Waals surface area contributed by atoms with Gasteiger partial charge in [0.1, 0.15) is 0 Å². The summed E-state index contributed by atoms with van der Waals surface area (Å²) in [6.07, 6.45) is 5.88. The molecule has 0 saturated heterocycles. The van der Waals surface area contributed by atoms with Crippen LogP contribution >= 0.6 is 11.6 Å². The first-order valence-electron chi connectivity index (χ1n) is 8.37. The summed E-state index contributed by atoms with van der Waals surface area (Å²) in [5.41, 5.74) is 2.44. The van der Waals surface area contributed by atoms with Gasteiger partial charge in [0.05, 0.1) is 0 Å². The normalized spacial score (nSPS) is 27.3. The van der Waals surface area contributed by atoms with E-state index in [1.807, 2.05) is 0 Å². The van der Waals surface area contributed by atoms with Gasteiger partial charge in [-0.1, -0.05) is 31.0 Å². The van der Waals surface area contributed by atoms with Crippen LogP contribution in [0.25, 0.3) is 0 Å². The summed E-state index contributed by atoms with van der Waals surface area (Å²) < 4.78 is 0. The highest BCUT2D eigenvalue weighted by Gasteiger charge is 2.39. The summed E-state index contributed by atoms with van der Waals surface area (Å²) in [5, 5.41) is 4.22. The topological polar surface area (TPSA) is 15.3 Å². The number of nitrogens with one attached hydrogen (secondary N) is 1. The molecule has 2 aliphatic rings. The summed E-state index contributed by atoms with van der Waals surface area (Å²) in [7, 11) is 2.21. The van der Waals surface area contributed by atoms with Crippen LogP contribution in [0.3, 0.4) is 0 Å². The van der Waals surface area contributed by atoms with Crippen LogP contribution in [0.4, 0.5) is 5.69 Å². The van der Waals surface area contributed by atoms with Gasteiger partial charge in [-0.25, -0.2) is 0 Å². The fourth-order valence-corrected chi connectivity index (χ4v) is 4.48. The first kappa shape index (κ1) is 15.2. The molecule has 21 heavy (non-hydrogen) atoms. The molecule has 0 amide bonds. The molecule has 3 atom stereocenters. The zero-order valence-electron chi connectivity index (χ0n) is 13.2. The number of hydrogen-bond acceptors (Lipinski definition) is 2. The molecule has 2 nitrogen and oxygen atoms in total. The van der Waals surface area contributed by atoms with Crippen LogP contribution in [0.1, 0.15) is 38.2 Å². The number of fused-ring (bicyclic) bond motifs is 2. The Bertz CT molecular complexity index is 488. The van der Waals surface area contributed by atoms with Crippen molar-refractivity contribution in [1.82, 2.24) is 5.32 Å². The Morgan fingerprint density at radius 1 is 1.29 bits per heavy atom. The van der Waals surface area contributed by atoms with Crippen molar-refractivity contribution in [3.05, 3.63) is 28.8 Å². The van der Waals surface area contributed by atoms with Crippen LogP contribution in [0.5, 0.6) is 0 Å². The van der Waals surface area contributed by atoms with E-state index in [0.29, 0.717) is 0 Å². The largest absolute Gasteiger partial charge is 0.374 e. The second kappa shape index (κ2) is 6.58. The van der Waals surface area contributed by atoms with Gasteiger partial charge in [0.15, 0.2) is 0 Å². The minimum absolute atomic E-state index is 0.853. The van der Waals surface area contributed by atoms with E-state index in [0.717, 1.165) is 35.9 Å². The van der Waals surface area contributed by atoms with Crippen LogP contribution < -0.4 is 10.2 Å². The van der Waals surface area contributed by atoms with Crippen LogP contribution in [0, 0.1) is 17.8 Å². The average molecular weight is 307 g/mol. The second-order valence-electron chi connectivity index (χ2n) is 6.87. The molecular formula is C18H27ClN2. The van der Waals surface area contributed by atoms with Crippen molar-refractivity contribution >= 4 is 17.3 Å². The summed E-state index contributed by atoms with van der Waals surface area (Å²) in [6, 6.07) is 6.50. The molecule has 0 radical (unpaired) electrons. The fourth-order valence-electron chi connectivity index (χ4n) is 4.23. The summed E-state index contributed by atoms with van der Waals surface area (Å²) >= 11 is 6.42. The zero-order chi connectivity index (χ0) is 14.8. The van der Waals surface area contributed by atoms with Crippen molar-refractivity contribution in [2.75, 3.05) is 25.0 Å². The maximum atomic E-state index is 6.42. The molecule has 3 heteroatoms. The molecule has 0 spiro atoms. The fraction of sp³-hybridized carbons (Fsp3) is 0.667. The van der Waals surface area contributed by atoms with Crippen LogP contribution in [0.15, 0.2) is 18.2 Å². The molecule has 2 saturated carbocycles. The third-order valence-electron chi connectivity index (χ3n) is 5.44. The van der Waals surface area contributed by atoms with Gasteiger partial charge in [-0.2, -0.15) is 0 Å². The molecule has 2 fully saturated rings. The molecule has 1 aromatic carbocycles. The number of hydrogen-bond donors (Lipinski definition) is 1. The number of rotatable bonds is 6. The molecule has 0 aliphatic heterocycles. The van der Waals surface area contributed by atoms with Gasteiger partial charge in [0.25, 0.3) is 0 Å². The molecule has 116 valence electrons. The third-order valence-corrected chi connectivity index (χ3v) is 5.79. The van der Waals surface area contributed by atoms with E-state index >= 15 is 0 Å². The summed E-state index contributed by atoms with van der Waals surface area (Å²) in [4.78, 5) is 2.40. The molecule has 1 N–H and O–H groups in total. The quantitative estimate of drug-likeness (QED) is 0.842. The van der Waals surface area contributed by atoms with Gasteiger partial charge in [-0.15, -0.1) is 0 Å². The number of nitrogens with zero attached hydrogens (tertiary/aromatic N) is 1. The minimum Gasteiger partial charge on any atom is -0.374 e. The highest BCUT2D eigenvalue weighted by molar-refractivity contribution is 6.31. The SMILES string of the molecule is CCNCc1ccc(N(C)CC2CC3CCC2C3)cc1Cl. The van der Waals surface area contributed by atoms with Gasteiger partial charge in [-0.05, 0) is 61.3 Å². The predicted molar refractivity (Wildman–Crippen MR) is 91.0 cm³/mol. The smallest absolute Gasteiger partial charge is 0.0471 e. The molecule has 1 aromatic rings. The van der Waals surface area contributed by atoms with E-state index in [2.05, 4.69) is 42.4 Å². The van der Waals surface area contributed by atoms with Crippen LogP contribution in [0.2, 0.25) is 5.02 Å². The van der Waals surface area contributed by atoms with Crippen molar-refractivity contribution in [2.45, 2.75) is 39.2 Å². The van der Waals surface area contributed by atoms with E-state index < -0.39 is 0 Å². The maximum Gasteiger partial charge on any atom is 0.0471 e. The van der Waals surface area contributed by atoms with E-state index in [9.17, 15) is 0 Å². The van der Waals surface area contributed by atoms with Gasteiger partial charge < -0.3 is 10.2 Å². The second-order valence-corrected chi connectivity index (χ2v) is 7.28. The van der Waals surface area contributed by atoms with Gasteiger partial charge in [-0.3, -0.25) is 0 Å². The lowest BCUT2D eigenvalue weighted by Crippen LogP contribution is -2.28. The van der Waals surface area contributed by atoms with Crippen molar-refractivity contribution in [2.24, 2.45) is 17.8 Å². The van der Waals surface area contributed by atoms with Crippen LogP contribution in [-0.4, -0.2) is 20.1 Å². The molecular weight excluding hydrogens is 280 g/mol. The van der Waals surface area contributed by atoms with Crippen molar-refractivity contribution in [1.29, 1.82) is 0 Å². The van der Waals surface area contributed by atoms with Gasteiger partial charge >= 0.3 is 0 Å². The molecule has 0 aromatic heterocycles. The van der Waals surface area contributed by atoms with Gasteiger partial charge in [0, 0.05) is 30.8 Å². The summed E-state index contributed by atoms with van der Waals surface area (Å²) in [5.74, 6) is 2.91. The Morgan fingerprint density at radius 3 is 2.76 bits per heavy atom. The predicted octanol–water partition coefficient (Wildman–Crippen LogP) is 4.32. The molecule has 3 unspecified atom stereocenters. The maximum absolute atomic E-state index is 6.42. The van der Waals surface area contributed by atoms with E-state index in [-0.39, 0.29) is 0 Å². The number of halogens is 1. The Hall–Kier alpha value is -0.730. The zero-order valence-corrected chi connectivity index (χ0v) is 14.0. The Morgan fingerprint density at radius 2 is 2.14 bits per heavy atom. The standard InChI is InChI=1S/C18H27ClN2/c1-3-20-11-15-6-7-17(10-18(15)19)21(2)12-16-9-13-4-5-14(16)8-13/h6-7,10,13-14,16,20H,3-5,8-9,11-12H2,1-2H3. The minimum atomic E-state index is 0.853. The number of benzene rings is 1. The molecule has 2 aliphatic carbocycles. The molecule has 2 bridgehead atoms. The monoisotopic (exact) mass is 306 g/mol.